The summed E-state index contributed by atoms with van der Waals surface area (Å²) in [6, 6.07) is 17.6. The number of hydrogen-bond acceptors (Lipinski definition) is 3. The Bertz CT molecular complexity index is 1210. The SMILES string of the molecule is CCc1ccc(NC(=O)c2cc(-c3c(C)nn(C)c3C)nc3ccccc23)cc1. The van der Waals surface area contributed by atoms with Gasteiger partial charge in [0.05, 0.1) is 22.5 Å². The number of carbonyl (C=O) groups is 1. The van der Waals surface area contributed by atoms with Gasteiger partial charge in [-0.15, -0.1) is 0 Å². The maximum absolute atomic E-state index is 13.2. The summed E-state index contributed by atoms with van der Waals surface area (Å²) in [4.78, 5) is 18.0. The van der Waals surface area contributed by atoms with E-state index in [1.54, 1.807) is 0 Å². The molecule has 2 heterocycles. The Balaban J connectivity index is 1.81. The molecular weight excluding hydrogens is 360 g/mol. The molecule has 1 N–H and O–H groups in total. The Morgan fingerprint density at radius 1 is 1.07 bits per heavy atom. The first-order chi connectivity index (χ1) is 14.0. The number of hydrogen-bond donors (Lipinski definition) is 1. The predicted molar refractivity (Wildman–Crippen MR) is 117 cm³/mol. The third-order valence-corrected chi connectivity index (χ3v) is 5.35. The standard InChI is InChI=1S/C24H24N4O/c1-5-17-10-12-18(13-11-17)25-24(29)20-14-22(23-15(2)27-28(4)16(23)3)26-21-9-7-6-8-19(20)21/h6-14H,5H2,1-4H3,(H,25,29). The van der Waals surface area contributed by atoms with Gasteiger partial charge in [-0.3, -0.25) is 9.48 Å². The van der Waals surface area contributed by atoms with E-state index < -0.39 is 0 Å². The largest absolute Gasteiger partial charge is 0.322 e. The molecule has 4 aromatic rings. The summed E-state index contributed by atoms with van der Waals surface area (Å²) in [6.07, 6.45) is 0.969. The van der Waals surface area contributed by atoms with Crippen LogP contribution in [0.3, 0.4) is 0 Å². The van der Waals surface area contributed by atoms with E-state index in [-0.39, 0.29) is 5.91 Å². The van der Waals surface area contributed by atoms with Crippen molar-refractivity contribution < 1.29 is 4.79 Å². The Morgan fingerprint density at radius 3 is 2.45 bits per heavy atom. The lowest BCUT2D eigenvalue weighted by Gasteiger charge is -2.11. The second-order valence-electron chi connectivity index (χ2n) is 7.25. The Hall–Kier alpha value is -3.47. The van der Waals surface area contributed by atoms with Crippen LogP contribution in [0.2, 0.25) is 0 Å². The van der Waals surface area contributed by atoms with Crippen LogP contribution in [0.1, 0.15) is 34.2 Å². The number of fused-ring (bicyclic) bond motifs is 1. The molecular formula is C24H24N4O. The highest BCUT2D eigenvalue weighted by molar-refractivity contribution is 6.13. The molecule has 0 fully saturated rings. The highest BCUT2D eigenvalue weighted by Gasteiger charge is 2.18. The van der Waals surface area contributed by atoms with Gasteiger partial charge in [0.25, 0.3) is 5.91 Å². The maximum atomic E-state index is 13.2. The van der Waals surface area contributed by atoms with E-state index in [9.17, 15) is 4.79 Å². The van der Waals surface area contributed by atoms with Crippen LogP contribution in [-0.2, 0) is 13.5 Å². The molecule has 5 heteroatoms. The van der Waals surface area contributed by atoms with Gasteiger partial charge in [-0.25, -0.2) is 4.98 Å². The first-order valence-electron chi connectivity index (χ1n) is 9.78. The Labute approximate surface area is 170 Å². The normalized spacial score (nSPS) is 11.0. The second-order valence-corrected chi connectivity index (χ2v) is 7.25. The zero-order valence-electron chi connectivity index (χ0n) is 17.2. The van der Waals surface area contributed by atoms with Crippen LogP contribution in [0.4, 0.5) is 5.69 Å². The second kappa shape index (κ2) is 7.51. The summed E-state index contributed by atoms with van der Waals surface area (Å²) < 4.78 is 1.84. The van der Waals surface area contributed by atoms with Crippen molar-refractivity contribution in [2.24, 2.45) is 7.05 Å². The van der Waals surface area contributed by atoms with Gasteiger partial charge in [0.2, 0.25) is 0 Å². The van der Waals surface area contributed by atoms with Gasteiger partial charge in [-0.1, -0.05) is 37.3 Å². The molecule has 0 spiro atoms. The maximum Gasteiger partial charge on any atom is 0.256 e. The smallest absolute Gasteiger partial charge is 0.256 e. The average molecular weight is 384 g/mol. The summed E-state index contributed by atoms with van der Waals surface area (Å²) in [5, 5.41) is 8.36. The lowest BCUT2D eigenvalue weighted by atomic mass is 10.0. The molecule has 29 heavy (non-hydrogen) atoms. The molecule has 0 aliphatic carbocycles. The van der Waals surface area contributed by atoms with Gasteiger partial charge in [0.15, 0.2) is 0 Å². The molecule has 0 atom stereocenters. The number of para-hydroxylation sites is 1. The molecule has 0 saturated carbocycles. The molecule has 0 aliphatic heterocycles. The summed E-state index contributed by atoms with van der Waals surface area (Å²) in [5.41, 5.74) is 7.07. The van der Waals surface area contributed by atoms with Gasteiger partial charge in [-0.2, -0.15) is 5.10 Å². The summed E-state index contributed by atoms with van der Waals surface area (Å²) >= 11 is 0. The molecule has 2 aromatic heterocycles. The first kappa shape index (κ1) is 18.9. The van der Waals surface area contributed by atoms with Gasteiger partial charge in [0.1, 0.15) is 0 Å². The van der Waals surface area contributed by atoms with Gasteiger partial charge in [0, 0.05) is 29.4 Å². The van der Waals surface area contributed by atoms with Crippen LogP contribution in [0.25, 0.3) is 22.2 Å². The quantitative estimate of drug-likeness (QED) is 0.534. The molecule has 146 valence electrons. The number of rotatable bonds is 4. The highest BCUT2D eigenvalue weighted by atomic mass is 16.1. The molecule has 0 bridgehead atoms. The minimum Gasteiger partial charge on any atom is -0.322 e. The van der Waals surface area contributed by atoms with Crippen molar-refractivity contribution in [3.8, 4) is 11.3 Å². The number of pyridine rings is 1. The van der Waals surface area contributed by atoms with Crippen molar-refractivity contribution >= 4 is 22.5 Å². The molecule has 1 amide bonds. The number of amides is 1. The van der Waals surface area contributed by atoms with Gasteiger partial charge < -0.3 is 5.32 Å². The molecule has 0 saturated heterocycles. The number of carbonyl (C=O) groups excluding carboxylic acids is 1. The number of nitrogens with zero attached hydrogens (tertiary/aromatic N) is 3. The van der Waals surface area contributed by atoms with Gasteiger partial charge >= 0.3 is 0 Å². The predicted octanol–water partition coefficient (Wildman–Crippen LogP) is 5.07. The van der Waals surface area contributed by atoms with Crippen LogP contribution < -0.4 is 5.32 Å². The van der Waals surface area contributed by atoms with E-state index in [1.165, 1.54) is 5.56 Å². The molecule has 4 rings (SSSR count). The summed E-state index contributed by atoms with van der Waals surface area (Å²) in [6.45, 7) is 6.09. The number of aryl methyl sites for hydroxylation is 3. The van der Waals surface area contributed by atoms with Crippen LogP contribution >= 0.6 is 0 Å². The van der Waals surface area contributed by atoms with E-state index in [0.29, 0.717) is 5.56 Å². The van der Waals surface area contributed by atoms with Crippen LogP contribution in [0, 0.1) is 13.8 Å². The van der Waals surface area contributed by atoms with Crippen molar-refractivity contribution in [2.75, 3.05) is 5.32 Å². The minimum atomic E-state index is -0.145. The summed E-state index contributed by atoms with van der Waals surface area (Å²) in [5.74, 6) is -0.145. The monoisotopic (exact) mass is 384 g/mol. The van der Waals surface area contributed by atoms with E-state index in [2.05, 4.69) is 17.3 Å². The van der Waals surface area contributed by atoms with Crippen molar-refractivity contribution in [1.82, 2.24) is 14.8 Å². The molecule has 2 aromatic carbocycles. The molecule has 5 nitrogen and oxygen atoms in total. The third kappa shape index (κ3) is 3.51. The fraction of sp³-hybridized carbons (Fsp3) is 0.208. The number of nitrogens with one attached hydrogen (secondary N) is 1. The molecule has 0 aliphatic rings. The van der Waals surface area contributed by atoms with E-state index in [1.807, 2.05) is 80.2 Å². The van der Waals surface area contributed by atoms with E-state index in [0.717, 1.165) is 45.7 Å². The van der Waals surface area contributed by atoms with Gasteiger partial charge in [-0.05, 0) is 50.1 Å². The Morgan fingerprint density at radius 2 is 1.79 bits per heavy atom. The number of aromatic nitrogens is 3. The molecule has 0 unspecified atom stereocenters. The average Bonchev–Trinajstić information content (AvgIpc) is 2.99. The topological polar surface area (TPSA) is 59.8 Å². The lowest BCUT2D eigenvalue weighted by Crippen LogP contribution is -2.13. The molecule has 0 radical (unpaired) electrons. The van der Waals surface area contributed by atoms with Crippen molar-refractivity contribution in [2.45, 2.75) is 27.2 Å². The minimum absolute atomic E-state index is 0.145. The fourth-order valence-electron chi connectivity index (χ4n) is 3.66. The van der Waals surface area contributed by atoms with E-state index in [4.69, 9.17) is 4.98 Å². The van der Waals surface area contributed by atoms with Crippen molar-refractivity contribution in [3.63, 3.8) is 0 Å². The van der Waals surface area contributed by atoms with Crippen LogP contribution in [0.15, 0.2) is 54.6 Å². The zero-order valence-corrected chi connectivity index (χ0v) is 17.2. The Kier molecular flexibility index (Phi) is 4.89. The lowest BCUT2D eigenvalue weighted by molar-refractivity contribution is 0.102. The first-order valence-corrected chi connectivity index (χ1v) is 9.78. The zero-order chi connectivity index (χ0) is 20.5. The number of benzene rings is 2. The third-order valence-electron chi connectivity index (χ3n) is 5.35. The summed E-state index contributed by atoms with van der Waals surface area (Å²) in [7, 11) is 1.92. The van der Waals surface area contributed by atoms with Crippen LogP contribution in [0.5, 0.6) is 0 Å². The van der Waals surface area contributed by atoms with Crippen molar-refractivity contribution in [3.05, 3.63) is 77.1 Å². The fourth-order valence-corrected chi connectivity index (χ4v) is 3.66. The number of anilines is 1. The van der Waals surface area contributed by atoms with Crippen LogP contribution in [-0.4, -0.2) is 20.7 Å². The van der Waals surface area contributed by atoms with E-state index >= 15 is 0 Å². The van der Waals surface area contributed by atoms with Crippen molar-refractivity contribution in [1.29, 1.82) is 0 Å². The highest BCUT2D eigenvalue weighted by Crippen LogP contribution is 2.29.